The summed E-state index contributed by atoms with van der Waals surface area (Å²) in [7, 11) is 1.33. The highest BCUT2D eigenvalue weighted by Gasteiger charge is 2.46. The van der Waals surface area contributed by atoms with E-state index in [0.29, 0.717) is 17.9 Å². The van der Waals surface area contributed by atoms with Gasteiger partial charge in [-0.05, 0) is 12.3 Å². The SMILES string of the molecule is C=CCC1(C(=O)OC)SC=C(C(=O)OCC)S1. The van der Waals surface area contributed by atoms with Crippen LogP contribution in [0.25, 0.3) is 0 Å². The Kier molecular flexibility index (Phi) is 5.14. The van der Waals surface area contributed by atoms with Crippen molar-refractivity contribution in [3.05, 3.63) is 23.0 Å². The van der Waals surface area contributed by atoms with Crippen molar-refractivity contribution in [3.8, 4) is 0 Å². The summed E-state index contributed by atoms with van der Waals surface area (Å²) in [6.07, 6.45) is 2.06. The first kappa shape index (κ1) is 14.2. The fourth-order valence-corrected chi connectivity index (χ4v) is 3.87. The number of rotatable bonds is 5. The number of hydrogen-bond donors (Lipinski definition) is 0. The van der Waals surface area contributed by atoms with Crippen LogP contribution < -0.4 is 0 Å². The summed E-state index contributed by atoms with van der Waals surface area (Å²) >= 11 is 2.43. The molecule has 0 bridgehead atoms. The summed E-state index contributed by atoms with van der Waals surface area (Å²) < 4.78 is 8.82. The van der Waals surface area contributed by atoms with Gasteiger partial charge in [0, 0.05) is 6.42 Å². The highest BCUT2D eigenvalue weighted by atomic mass is 32.2. The third-order valence-electron chi connectivity index (χ3n) is 2.02. The molecule has 0 radical (unpaired) electrons. The molecule has 0 aliphatic carbocycles. The van der Waals surface area contributed by atoms with E-state index < -0.39 is 10.0 Å². The maximum Gasteiger partial charge on any atom is 0.345 e. The van der Waals surface area contributed by atoms with Gasteiger partial charge in [-0.3, -0.25) is 0 Å². The Morgan fingerprint density at radius 3 is 2.82 bits per heavy atom. The quantitative estimate of drug-likeness (QED) is 0.566. The van der Waals surface area contributed by atoms with Crippen LogP contribution in [0.4, 0.5) is 0 Å². The van der Waals surface area contributed by atoms with E-state index in [2.05, 4.69) is 6.58 Å². The molecule has 0 aromatic carbocycles. The third kappa shape index (κ3) is 3.07. The second-order valence-corrected chi connectivity index (χ2v) is 5.93. The molecule has 0 amide bonds. The van der Waals surface area contributed by atoms with Gasteiger partial charge in [-0.25, -0.2) is 9.59 Å². The van der Waals surface area contributed by atoms with E-state index in [1.54, 1.807) is 18.4 Å². The van der Waals surface area contributed by atoms with Crippen molar-refractivity contribution < 1.29 is 19.1 Å². The van der Waals surface area contributed by atoms with Gasteiger partial charge in [0.2, 0.25) is 0 Å². The normalized spacial score (nSPS) is 22.8. The average molecular weight is 274 g/mol. The first-order chi connectivity index (χ1) is 8.09. The molecule has 0 spiro atoms. The predicted octanol–water partition coefficient (Wildman–Crippen LogP) is 2.32. The number of esters is 2. The number of carbonyl (C=O) groups excluding carboxylic acids is 2. The third-order valence-corrected chi connectivity index (χ3v) is 4.94. The van der Waals surface area contributed by atoms with Gasteiger partial charge in [0.1, 0.15) is 4.91 Å². The van der Waals surface area contributed by atoms with Gasteiger partial charge >= 0.3 is 11.9 Å². The lowest BCUT2D eigenvalue weighted by Crippen LogP contribution is -2.30. The second kappa shape index (κ2) is 6.16. The summed E-state index contributed by atoms with van der Waals surface area (Å²) in [5.74, 6) is -0.775. The Hall–Kier alpha value is -0.880. The molecule has 1 rings (SSSR count). The van der Waals surface area contributed by atoms with Gasteiger partial charge < -0.3 is 9.47 Å². The number of ether oxygens (including phenoxy) is 2. The van der Waals surface area contributed by atoms with Crippen LogP contribution in [0.3, 0.4) is 0 Å². The molecule has 1 unspecified atom stereocenters. The standard InChI is InChI=1S/C11H14O4S2/c1-4-6-11(10(13)14-3)16-7-8(17-11)9(12)15-5-2/h4,7H,1,5-6H2,2-3H3. The van der Waals surface area contributed by atoms with Crippen LogP contribution in [0.2, 0.25) is 0 Å². The van der Waals surface area contributed by atoms with Gasteiger partial charge in [0.15, 0.2) is 4.08 Å². The van der Waals surface area contributed by atoms with Crippen LogP contribution in [-0.2, 0) is 19.1 Å². The Morgan fingerprint density at radius 1 is 1.59 bits per heavy atom. The fourth-order valence-electron chi connectivity index (χ4n) is 1.27. The van der Waals surface area contributed by atoms with Crippen LogP contribution in [0.15, 0.2) is 23.0 Å². The molecule has 17 heavy (non-hydrogen) atoms. The number of thioether (sulfide) groups is 2. The van der Waals surface area contributed by atoms with Gasteiger partial charge in [-0.1, -0.05) is 17.8 Å². The number of hydrogen-bond acceptors (Lipinski definition) is 6. The average Bonchev–Trinajstić information content (AvgIpc) is 2.74. The molecule has 4 nitrogen and oxygen atoms in total. The van der Waals surface area contributed by atoms with Crippen LogP contribution in [0, 0.1) is 0 Å². The van der Waals surface area contributed by atoms with Crippen LogP contribution in [0.1, 0.15) is 13.3 Å². The van der Waals surface area contributed by atoms with Gasteiger partial charge in [-0.15, -0.1) is 18.3 Å². The van der Waals surface area contributed by atoms with Crippen molar-refractivity contribution in [2.75, 3.05) is 13.7 Å². The lowest BCUT2D eigenvalue weighted by Gasteiger charge is -2.22. The summed E-state index contributed by atoms with van der Waals surface area (Å²) in [6.45, 7) is 5.67. The van der Waals surface area contributed by atoms with Gasteiger partial charge in [0.25, 0.3) is 0 Å². The maximum atomic E-state index is 11.8. The lowest BCUT2D eigenvalue weighted by atomic mass is 10.3. The smallest absolute Gasteiger partial charge is 0.345 e. The van der Waals surface area contributed by atoms with Crippen LogP contribution >= 0.6 is 23.5 Å². The molecule has 6 heteroatoms. The highest BCUT2D eigenvalue weighted by Crippen LogP contribution is 2.52. The molecule has 1 atom stereocenters. The molecule has 0 N–H and O–H groups in total. The zero-order valence-electron chi connectivity index (χ0n) is 9.73. The highest BCUT2D eigenvalue weighted by molar-refractivity contribution is 8.25. The Morgan fingerprint density at radius 2 is 2.29 bits per heavy atom. The molecule has 0 aromatic heterocycles. The van der Waals surface area contributed by atoms with Crippen LogP contribution in [0.5, 0.6) is 0 Å². The fraction of sp³-hybridized carbons (Fsp3) is 0.455. The predicted molar refractivity (Wildman–Crippen MR) is 69.5 cm³/mol. The summed E-state index contributed by atoms with van der Waals surface area (Å²) in [5.41, 5.74) is 0. The van der Waals surface area contributed by atoms with E-state index in [1.165, 1.54) is 30.6 Å². The largest absolute Gasteiger partial charge is 0.467 e. The molecule has 1 aliphatic rings. The van der Waals surface area contributed by atoms with Gasteiger partial charge in [-0.2, -0.15) is 0 Å². The number of methoxy groups -OCH3 is 1. The first-order valence-electron chi connectivity index (χ1n) is 5.03. The maximum absolute atomic E-state index is 11.8. The monoisotopic (exact) mass is 274 g/mol. The number of allylic oxidation sites excluding steroid dienone is 1. The minimum Gasteiger partial charge on any atom is -0.467 e. The molecule has 1 heterocycles. The molecular weight excluding hydrogens is 260 g/mol. The summed E-state index contributed by atoms with van der Waals surface area (Å²) in [4.78, 5) is 23.7. The summed E-state index contributed by atoms with van der Waals surface area (Å²) in [6, 6.07) is 0. The van der Waals surface area contributed by atoms with Crippen molar-refractivity contribution >= 4 is 35.5 Å². The lowest BCUT2D eigenvalue weighted by molar-refractivity contribution is -0.140. The number of carbonyl (C=O) groups is 2. The Bertz CT molecular complexity index is 364. The minimum atomic E-state index is -0.835. The molecular formula is C11H14O4S2. The van der Waals surface area contributed by atoms with Crippen molar-refractivity contribution in [3.63, 3.8) is 0 Å². The van der Waals surface area contributed by atoms with E-state index in [1.807, 2.05) is 0 Å². The second-order valence-electron chi connectivity index (χ2n) is 3.16. The molecule has 0 fully saturated rings. The van der Waals surface area contributed by atoms with E-state index in [4.69, 9.17) is 9.47 Å². The minimum absolute atomic E-state index is 0.314. The molecule has 94 valence electrons. The Labute approximate surface area is 109 Å². The van der Waals surface area contributed by atoms with E-state index in [0.717, 1.165) is 0 Å². The Balaban J connectivity index is 2.79. The van der Waals surface area contributed by atoms with Crippen molar-refractivity contribution in [1.82, 2.24) is 0 Å². The molecule has 0 saturated heterocycles. The zero-order chi connectivity index (χ0) is 12.9. The van der Waals surface area contributed by atoms with E-state index in [-0.39, 0.29) is 5.97 Å². The van der Waals surface area contributed by atoms with Crippen molar-refractivity contribution in [2.24, 2.45) is 0 Å². The van der Waals surface area contributed by atoms with Crippen LogP contribution in [-0.4, -0.2) is 29.7 Å². The zero-order valence-corrected chi connectivity index (χ0v) is 11.4. The van der Waals surface area contributed by atoms with E-state index >= 15 is 0 Å². The van der Waals surface area contributed by atoms with E-state index in [9.17, 15) is 9.59 Å². The summed E-state index contributed by atoms with van der Waals surface area (Å²) in [5, 5.41) is 1.64. The van der Waals surface area contributed by atoms with Crippen molar-refractivity contribution in [2.45, 2.75) is 17.4 Å². The van der Waals surface area contributed by atoms with Gasteiger partial charge in [0.05, 0.1) is 13.7 Å². The first-order valence-corrected chi connectivity index (χ1v) is 6.72. The van der Waals surface area contributed by atoms with Crippen molar-refractivity contribution in [1.29, 1.82) is 0 Å². The molecule has 0 aromatic rings. The molecule has 1 aliphatic heterocycles. The molecule has 0 saturated carbocycles. The topological polar surface area (TPSA) is 52.6 Å².